The molecule has 0 saturated carbocycles. The van der Waals surface area contributed by atoms with Crippen molar-refractivity contribution in [2.75, 3.05) is 16.9 Å². The molecule has 1 heterocycles. The number of rotatable bonds is 6. The van der Waals surface area contributed by atoms with Crippen molar-refractivity contribution in [3.8, 4) is 11.4 Å². The summed E-state index contributed by atoms with van der Waals surface area (Å²) in [7, 11) is 0. The molecule has 0 atom stereocenters. The predicted octanol–water partition coefficient (Wildman–Crippen LogP) is 3.05. The van der Waals surface area contributed by atoms with E-state index in [-0.39, 0.29) is 0 Å². The molecule has 0 aliphatic rings. The largest absolute Gasteiger partial charge is 0.354 e. The van der Waals surface area contributed by atoms with Crippen molar-refractivity contribution in [3.63, 3.8) is 0 Å². The minimum Gasteiger partial charge on any atom is -0.354 e. The summed E-state index contributed by atoms with van der Waals surface area (Å²) >= 11 is 0. The number of aromatic nitrogens is 2. The van der Waals surface area contributed by atoms with Crippen LogP contribution in [0.4, 0.5) is 11.6 Å². The molecule has 2 rings (SSSR count). The molecule has 112 valence electrons. The summed E-state index contributed by atoms with van der Waals surface area (Å²) in [6.45, 7) is 7.44. The van der Waals surface area contributed by atoms with Crippen LogP contribution in [0, 0.1) is 0 Å². The molecular weight excluding hydrogens is 262 g/mol. The van der Waals surface area contributed by atoms with E-state index in [0.29, 0.717) is 17.7 Å². The molecular formula is C16H23N5. The minimum atomic E-state index is 0.370. The first-order valence-corrected chi connectivity index (χ1v) is 7.33. The van der Waals surface area contributed by atoms with E-state index < -0.39 is 0 Å². The van der Waals surface area contributed by atoms with E-state index in [1.54, 1.807) is 0 Å². The molecule has 5 heteroatoms. The van der Waals surface area contributed by atoms with Gasteiger partial charge >= 0.3 is 0 Å². The molecule has 0 bridgehead atoms. The molecule has 0 unspecified atom stereocenters. The van der Waals surface area contributed by atoms with Crippen LogP contribution >= 0.6 is 0 Å². The second-order valence-electron chi connectivity index (χ2n) is 5.23. The summed E-state index contributed by atoms with van der Waals surface area (Å²) in [6, 6.07) is 12.2. The molecule has 0 saturated heterocycles. The van der Waals surface area contributed by atoms with Gasteiger partial charge in [0.2, 0.25) is 0 Å². The van der Waals surface area contributed by atoms with Crippen LogP contribution < -0.4 is 16.2 Å². The van der Waals surface area contributed by atoms with E-state index in [0.717, 1.165) is 24.3 Å². The van der Waals surface area contributed by atoms with Gasteiger partial charge in [0.05, 0.1) is 0 Å². The van der Waals surface area contributed by atoms with Gasteiger partial charge in [-0.15, -0.1) is 0 Å². The van der Waals surface area contributed by atoms with E-state index in [2.05, 4.69) is 36.1 Å². The van der Waals surface area contributed by atoms with Gasteiger partial charge in [-0.3, -0.25) is 0 Å². The molecule has 0 spiro atoms. The average Bonchev–Trinajstić information content (AvgIpc) is 2.52. The van der Waals surface area contributed by atoms with Gasteiger partial charge in [0.25, 0.3) is 0 Å². The standard InChI is InChI=1S/C16H23N5/c1-4-10-21(12(2)3)15-11-14(20-17)18-16(19-15)13-8-6-5-7-9-13/h5-9,11-12H,4,10,17H2,1-3H3,(H,18,19,20). The van der Waals surface area contributed by atoms with Crippen molar-refractivity contribution in [1.29, 1.82) is 0 Å². The van der Waals surface area contributed by atoms with Crippen molar-refractivity contribution in [2.45, 2.75) is 33.2 Å². The van der Waals surface area contributed by atoms with Crippen molar-refractivity contribution >= 4 is 11.6 Å². The molecule has 1 aromatic carbocycles. The molecule has 0 aliphatic carbocycles. The molecule has 2 aromatic rings. The number of hydrogen-bond acceptors (Lipinski definition) is 5. The Hall–Kier alpha value is -2.14. The van der Waals surface area contributed by atoms with Gasteiger partial charge in [-0.05, 0) is 20.3 Å². The van der Waals surface area contributed by atoms with Crippen LogP contribution in [0.5, 0.6) is 0 Å². The van der Waals surface area contributed by atoms with Gasteiger partial charge in [0, 0.05) is 24.2 Å². The molecule has 3 N–H and O–H groups in total. The van der Waals surface area contributed by atoms with Crippen molar-refractivity contribution in [1.82, 2.24) is 9.97 Å². The lowest BCUT2D eigenvalue weighted by molar-refractivity contribution is 0.662. The van der Waals surface area contributed by atoms with Crippen molar-refractivity contribution < 1.29 is 0 Å². The molecule has 0 radical (unpaired) electrons. The third-order valence-electron chi connectivity index (χ3n) is 3.27. The second kappa shape index (κ2) is 7.04. The first-order valence-electron chi connectivity index (χ1n) is 7.33. The number of anilines is 2. The fourth-order valence-electron chi connectivity index (χ4n) is 2.25. The SMILES string of the molecule is CCCN(c1cc(NN)nc(-c2ccccc2)n1)C(C)C. The lowest BCUT2D eigenvalue weighted by atomic mass is 10.2. The lowest BCUT2D eigenvalue weighted by Gasteiger charge is -2.28. The Labute approximate surface area is 126 Å². The van der Waals surface area contributed by atoms with Gasteiger partial charge in [-0.2, -0.15) is 0 Å². The average molecular weight is 285 g/mol. The number of hydrogen-bond donors (Lipinski definition) is 2. The Morgan fingerprint density at radius 3 is 2.48 bits per heavy atom. The van der Waals surface area contributed by atoms with Crippen LogP contribution in [-0.2, 0) is 0 Å². The molecule has 0 fully saturated rings. The lowest BCUT2D eigenvalue weighted by Crippen LogP contribution is -2.32. The van der Waals surface area contributed by atoms with E-state index in [9.17, 15) is 0 Å². The molecule has 5 nitrogen and oxygen atoms in total. The van der Waals surface area contributed by atoms with Gasteiger partial charge in [0.15, 0.2) is 5.82 Å². The van der Waals surface area contributed by atoms with Gasteiger partial charge < -0.3 is 10.3 Å². The zero-order chi connectivity index (χ0) is 15.2. The first-order chi connectivity index (χ1) is 10.2. The number of hydrazine groups is 1. The molecule has 1 aromatic heterocycles. The molecule has 0 amide bonds. The summed E-state index contributed by atoms with van der Waals surface area (Å²) in [5.74, 6) is 7.76. The summed E-state index contributed by atoms with van der Waals surface area (Å²) in [4.78, 5) is 11.4. The fourth-order valence-corrected chi connectivity index (χ4v) is 2.25. The zero-order valence-corrected chi connectivity index (χ0v) is 12.9. The monoisotopic (exact) mass is 285 g/mol. The zero-order valence-electron chi connectivity index (χ0n) is 12.9. The number of nitrogens with one attached hydrogen (secondary N) is 1. The Balaban J connectivity index is 2.47. The van der Waals surface area contributed by atoms with Crippen LogP contribution in [0.25, 0.3) is 11.4 Å². The highest BCUT2D eigenvalue weighted by molar-refractivity contribution is 5.61. The Bertz CT molecular complexity index is 568. The fraction of sp³-hybridized carbons (Fsp3) is 0.375. The second-order valence-corrected chi connectivity index (χ2v) is 5.23. The Morgan fingerprint density at radius 2 is 1.90 bits per heavy atom. The molecule has 21 heavy (non-hydrogen) atoms. The maximum Gasteiger partial charge on any atom is 0.163 e. The quantitative estimate of drug-likeness (QED) is 0.630. The van der Waals surface area contributed by atoms with Crippen LogP contribution in [0.2, 0.25) is 0 Å². The number of nitrogen functional groups attached to an aromatic ring is 1. The van der Waals surface area contributed by atoms with Crippen LogP contribution in [0.15, 0.2) is 36.4 Å². The molecule has 0 aliphatic heterocycles. The normalized spacial score (nSPS) is 10.7. The summed E-state index contributed by atoms with van der Waals surface area (Å²) in [5, 5.41) is 0. The van der Waals surface area contributed by atoms with E-state index in [4.69, 9.17) is 10.8 Å². The van der Waals surface area contributed by atoms with Gasteiger partial charge in [-0.25, -0.2) is 15.8 Å². The maximum absolute atomic E-state index is 5.56. The first kappa shape index (κ1) is 15.3. The Morgan fingerprint density at radius 1 is 1.19 bits per heavy atom. The number of nitrogens with two attached hydrogens (primary N) is 1. The van der Waals surface area contributed by atoms with Crippen LogP contribution in [-0.4, -0.2) is 22.6 Å². The van der Waals surface area contributed by atoms with Crippen LogP contribution in [0.1, 0.15) is 27.2 Å². The number of benzene rings is 1. The highest BCUT2D eigenvalue weighted by Crippen LogP contribution is 2.23. The highest BCUT2D eigenvalue weighted by Gasteiger charge is 2.14. The van der Waals surface area contributed by atoms with Gasteiger partial charge in [0.1, 0.15) is 11.6 Å². The third-order valence-corrected chi connectivity index (χ3v) is 3.27. The van der Waals surface area contributed by atoms with Gasteiger partial charge in [-0.1, -0.05) is 37.3 Å². The Kier molecular flexibility index (Phi) is 5.11. The topological polar surface area (TPSA) is 67.1 Å². The van der Waals surface area contributed by atoms with E-state index >= 15 is 0 Å². The van der Waals surface area contributed by atoms with Crippen LogP contribution in [0.3, 0.4) is 0 Å². The summed E-state index contributed by atoms with van der Waals surface area (Å²) in [5.41, 5.74) is 3.62. The van der Waals surface area contributed by atoms with Crippen molar-refractivity contribution in [2.24, 2.45) is 5.84 Å². The number of nitrogens with zero attached hydrogens (tertiary/aromatic N) is 3. The summed E-state index contributed by atoms with van der Waals surface area (Å²) in [6.07, 6.45) is 1.06. The van der Waals surface area contributed by atoms with Crippen molar-refractivity contribution in [3.05, 3.63) is 36.4 Å². The highest BCUT2D eigenvalue weighted by atomic mass is 15.3. The van der Waals surface area contributed by atoms with E-state index in [1.165, 1.54) is 0 Å². The maximum atomic E-state index is 5.56. The van der Waals surface area contributed by atoms with E-state index in [1.807, 2.05) is 36.4 Å². The smallest absolute Gasteiger partial charge is 0.163 e. The summed E-state index contributed by atoms with van der Waals surface area (Å²) < 4.78 is 0. The minimum absolute atomic E-state index is 0.370. The predicted molar refractivity (Wildman–Crippen MR) is 88.1 cm³/mol. The third kappa shape index (κ3) is 3.70.